The highest BCUT2D eigenvalue weighted by Gasteiger charge is 2.29. The minimum Gasteiger partial charge on any atom is -0.339 e. The molecule has 1 aromatic heterocycles. The molecule has 0 bridgehead atoms. The maximum atomic E-state index is 13.5. The van der Waals surface area contributed by atoms with Crippen molar-refractivity contribution < 1.29 is 13.6 Å². The van der Waals surface area contributed by atoms with Crippen molar-refractivity contribution in [3.63, 3.8) is 0 Å². The Labute approximate surface area is 178 Å². The highest BCUT2D eigenvalue weighted by molar-refractivity contribution is 5.94. The lowest BCUT2D eigenvalue weighted by atomic mass is 9.95. The molecule has 31 heavy (non-hydrogen) atoms. The van der Waals surface area contributed by atoms with Crippen molar-refractivity contribution in [1.82, 2.24) is 19.2 Å². The first-order valence-corrected chi connectivity index (χ1v) is 10.4. The Bertz CT molecular complexity index is 1110. The molecule has 0 saturated carbocycles. The summed E-state index contributed by atoms with van der Waals surface area (Å²) in [4.78, 5) is 26.8. The number of likely N-dealkylation sites (tertiary alicyclic amines) is 1. The Morgan fingerprint density at radius 2 is 1.71 bits per heavy atom. The van der Waals surface area contributed by atoms with E-state index in [0.29, 0.717) is 32.5 Å². The van der Waals surface area contributed by atoms with Gasteiger partial charge in [0, 0.05) is 44.2 Å². The fourth-order valence-electron chi connectivity index (χ4n) is 4.12. The van der Waals surface area contributed by atoms with Crippen LogP contribution in [0.4, 0.5) is 8.78 Å². The van der Waals surface area contributed by atoms with Crippen LogP contribution in [-0.2, 0) is 20.0 Å². The van der Waals surface area contributed by atoms with E-state index in [2.05, 4.69) is 5.10 Å². The molecule has 1 aliphatic rings. The quantitative estimate of drug-likeness (QED) is 0.630. The van der Waals surface area contributed by atoms with Crippen molar-refractivity contribution in [2.75, 3.05) is 13.1 Å². The van der Waals surface area contributed by atoms with Crippen molar-refractivity contribution in [2.24, 2.45) is 7.05 Å². The van der Waals surface area contributed by atoms with Gasteiger partial charge in [0.25, 0.3) is 5.91 Å². The topological polar surface area (TPSA) is 60.1 Å². The van der Waals surface area contributed by atoms with Crippen molar-refractivity contribution in [3.05, 3.63) is 87.6 Å². The van der Waals surface area contributed by atoms with E-state index in [9.17, 15) is 18.4 Å². The van der Waals surface area contributed by atoms with Gasteiger partial charge in [0.2, 0.25) is 0 Å². The summed E-state index contributed by atoms with van der Waals surface area (Å²) in [5.74, 6) is -1.16. The van der Waals surface area contributed by atoms with Gasteiger partial charge in [-0.3, -0.25) is 9.36 Å². The van der Waals surface area contributed by atoms with Crippen LogP contribution in [-0.4, -0.2) is 38.2 Å². The molecular weight excluding hydrogens is 402 g/mol. The molecule has 0 radical (unpaired) electrons. The SMILES string of the molecule is Cn1nc(C2CCN(C(=O)c3cc(F)cc(F)c3)CC2)n(CCc2ccccc2)c1=O. The van der Waals surface area contributed by atoms with Gasteiger partial charge in [0.15, 0.2) is 0 Å². The molecule has 2 aromatic carbocycles. The standard InChI is InChI=1S/C23H24F2N4O2/c1-27-23(31)29(12-7-16-5-3-2-4-6-16)21(26-27)17-8-10-28(11-9-17)22(30)18-13-19(24)15-20(25)14-18/h2-6,13-15,17H,7-12H2,1H3. The Kier molecular flexibility index (Phi) is 5.97. The lowest BCUT2D eigenvalue weighted by molar-refractivity contribution is 0.0709. The molecule has 0 unspecified atom stereocenters. The third-order valence-electron chi connectivity index (χ3n) is 5.76. The zero-order valence-electron chi connectivity index (χ0n) is 17.3. The van der Waals surface area contributed by atoms with Crippen LogP contribution in [0, 0.1) is 11.6 Å². The van der Waals surface area contributed by atoms with Crippen LogP contribution in [0.5, 0.6) is 0 Å². The number of rotatable bonds is 5. The molecule has 8 heteroatoms. The van der Waals surface area contributed by atoms with E-state index in [1.807, 2.05) is 30.3 Å². The molecule has 3 aromatic rings. The zero-order valence-corrected chi connectivity index (χ0v) is 17.3. The molecule has 1 saturated heterocycles. The van der Waals surface area contributed by atoms with Crippen LogP contribution in [0.3, 0.4) is 0 Å². The van der Waals surface area contributed by atoms with Gasteiger partial charge in [0.1, 0.15) is 17.5 Å². The molecule has 0 aliphatic carbocycles. The second-order valence-electron chi connectivity index (χ2n) is 7.88. The molecule has 162 valence electrons. The van der Waals surface area contributed by atoms with Gasteiger partial charge in [-0.05, 0) is 37.0 Å². The fraction of sp³-hybridized carbons (Fsp3) is 0.348. The number of aryl methyl sites for hydroxylation is 2. The summed E-state index contributed by atoms with van der Waals surface area (Å²) in [6, 6.07) is 12.8. The predicted octanol–water partition coefficient (Wildman–Crippen LogP) is 3.12. The largest absolute Gasteiger partial charge is 0.345 e. The third kappa shape index (κ3) is 4.57. The number of nitrogens with zero attached hydrogens (tertiary/aromatic N) is 4. The summed E-state index contributed by atoms with van der Waals surface area (Å²) in [6.45, 7) is 1.41. The van der Waals surface area contributed by atoms with E-state index in [1.165, 1.54) is 4.68 Å². The molecule has 0 spiro atoms. The van der Waals surface area contributed by atoms with Gasteiger partial charge in [-0.2, -0.15) is 5.10 Å². The molecule has 6 nitrogen and oxygen atoms in total. The first-order valence-electron chi connectivity index (χ1n) is 10.4. The van der Waals surface area contributed by atoms with Crippen LogP contribution in [0.15, 0.2) is 53.3 Å². The van der Waals surface area contributed by atoms with Crippen molar-refractivity contribution in [1.29, 1.82) is 0 Å². The molecule has 0 N–H and O–H groups in total. The summed E-state index contributed by atoms with van der Waals surface area (Å²) in [6.07, 6.45) is 1.98. The number of carbonyl (C=O) groups is 1. The van der Waals surface area contributed by atoms with Gasteiger partial charge in [-0.15, -0.1) is 0 Å². The Hall–Kier alpha value is -3.29. The Morgan fingerprint density at radius 3 is 2.35 bits per heavy atom. The summed E-state index contributed by atoms with van der Waals surface area (Å²) >= 11 is 0. The van der Waals surface area contributed by atoms with E-state index in [4.69, 9.17) is 0 Å². The molecule has 1 aliphatic heterocycles. The average molecular weight is 426 g/mol. The molecule has 1 fully saturated rings. The number of hydrogen-bond donors (Lipinski definition) is 0. The Morgan fingerprint density at radius 1 is 1.06 bits per heavy atom. The molecule has 1 amide bonds. The first kappa shape index (κ1) is 21.0. The minimum absolute atomic E-state index is 0.00792. The highest BCUT2D eigenvalue weighted by atomic mass is 19.1. The lowest BCUT2D eigenvalue weighted by Gasteiger charge is -2.31. The number of halogens is 2. The van der Waals surface area contributed by atoms with Crippen LogP contribution in [0.1, 0.15) is 40.5 Å². The number of carbonyl (C=O) groups excluding carboxylic acids is 1. The summed E-state index contributed by atoms with van der Waals surface area (Å²) in [5.41, 5.74) is 1.00. The Balaban J connectivity index is 1.45. The maximum absolute atomic E-state index is 13.5. The maximum Gasteiger partial charge on any atom is 0.345 e. The summed E-state index contributed by atoms with van der Waals surface area (Å²) in [7, 11) is 1.64. The highest BCUT2D eigenvalue weighted by Crippen LogP contribution is 2.27. The van der Waals surface area contributed by atoms with E-state index in [0.717, 1.165) is 36.0 Å². The van der Waals surface area contributed by atoms with Crippen LogP contribution >= 0.6 is 0 Å². The van der Waals surface area contributed by atoms with Gasteiger partial charge in [-0.25, -0.2) is 18.3 Å². The van der Waals surface area contributed by atoms with Gasteiger partial charge in [-0.1, -0.05) is 30.3 Å². The lowest BCUT2D eigenvalue weighted by Crippen LogP contribution is -2.38. The molecule has 2 heterocycles. The zero-order chi connectivity index (χ0) is 22.0. The second kappa shape index (κ2) is 8.83. The van der Waals surface area contributed by atoms with Crippen molar-refractivity contribution in [3.8, 4) is 0 Å². The van der Waals surface area contributed by atoms with E-state index in [1.54, 1.807) is 16.5 Å². The smallest absolute Gasteiger partial charge is 0.339 e. The number of piperidine rings is 1. The van der Waals surface area contributed by atoms with Crippen LogP contribution in [0.25, 0.3) is 0 Å². The minimum atomic E-state index is -0.769. The predicted molar refractivity (Wildman–Crippen MR) is 112 cm³/mol. The molecule has 0 atom stereocenters. The van der Waals surface area contributed by atoms with Gasteiger partial charge in [0.05, 0.1) is 0 Å². The average Bonchev–Trinajstić information content (AvgIpc) is 3.05. The summed E-state index contributed by atoms with van der Waals surface area (Å²) < 4.78 is 30.0. The first-order chi connectivity index (χ1) is 14.9. The van der Waals surface area contributed by atoms with Gasteiger partial charge < -0.3 is 4.90 Å². The number of aromatic nitrogens is 3. The monoisotopic (exact) mass is 426 g/mol. The molecular formula is C23H24F2N4O2. The van der Waals surface area contributed by atoms with E-state index < -0.39 is 11.6 Å². The third-order valence-corrected chi connectivity index (χ3v) is 5.76. The van der Waals surface area contributed by atoms with Crippen LogP contribution < -0.4 is 5.69 Å². The number of amides is 1. The number of hydrogen-bond acceptors (Lipinski definition) is 3. The van der Waals surface area contributed by atoms with Crippen molar-refractivity contribution >= 4 is 5.91 Å². The fourth-order valence-corrected chi connectivity index (χ4v) is 4.12. The van der Waals surface area contributed by atoms with Crippen LogP contribution in [0.2, 0.25) is 0 Å². The second-order valence-corrected chi connectivity index (χ2v) is 7.88. The van der Waals surface area contributed by atoms with Gasteiger partial charge >= 0.3 is 5.69 Å². The van der Waals surface area contributed by atoms with Crippen molar-refractivity contribution in [2.45, 2.75) is 31.7 Å². The molecule has 4 rings (SSSR count). The number of benzene rings is 2. The summed E-state index contributed by atoms with van der Waals surface area (Å²) in [5, 5.41) is 4.46. The van der Waals surface area contributed by atoms with E-state index in [-0.39, 0.29) is 23.1 Å². The normalized spacial score (nSPS) is 14.7. The van der Waals surface area contributed by atoms with E-state index >= 15 is 0 Å².